The van der Waals surface area contributed by atoms with Crippen LogP contribution < -0.4 is 0 Å². The van der Waals surface area contributed by atoms with Crippen LogP contribution in [0.1, 0.15) is 42.1 Å². The van der Waals surface area contributed by atoms with Crippen LogP contribution in [0.5, 0.6) is 5.88 Å². The molecule has 2 aromatic heterocycles. The molecule has 1 spiro atoms. The maximum atomic E-state index is 11.0. The highest BCUT2D eigenvalue weighted by Crippen LogP contribution is 2.44. The molecule has 0 saturated carbocycles. The van der Waals surface area contributed by atoms with E-state index in [0.29, 0.717) is 23.2 Å². The SMILES string of the molecule is CCc1nc2sc([C@H](c3ccccc3Cl)N3CCC4(CC3)OCCO4)c(O)n2n1. The smallest absolute Gasteiger partial charge is 0.230 e. The van der Waals surface area contributed by atoms with Gasteiger partial charge in [0.05, 0.1) is 24.1 Å². The van der Waals surface area contributed by atoms with Crippen LogP contribution in [0.2, 0.25) is 5.02 Å². The molecule has 154 valence electrons. The molecule has 1 aromatic carbocycles. The van der Waals surface area contributed by atoms with E-state index in [-0.39, 0.29) is 11.9 Å². The summed E-state index contributed by atoms with van der Waals surface area (Å²) in [7, 11) is 0. The second kappa shape index (κ2) is 7.52. The van der Waals surface area contributed by atoms with Gasteiger partial charge in [0, 0.05) is 37.4 Å². The van der Waals surface area contributed by atoms with E-state index in [1.54, 1.807) is 0 Å². The van der Waals surface area contributed by atoms with Gasteiger partial charge in [-0.25, -0.2) is 4.98 Å². The van der Waals surface area contributed by atoms with Gasteiger partial charge in [0.15, 0.2) is 11.6 Å². The normalized spacial score (nSPS) is 20.6. The van der Waals surface area contributed by atoms with E-state index in [1.165, 1.54) is 15.9 Å². The number of aromatic nitrogens is 3. The lowest BCUT2D eigenvalue weighted by molar-refractivity contribution is -0.187. The van der Waals surface area contributed by atoms with Crippen molar-refractivity contribution in [3.05, 3.63) is 45.6 Å². The Bertz CT molecular complexity index is 1020. The number of aryl methyl sites for hydroxylation is 1. The molecule has 7 nitrogen and oxygen atoms in total. The second-order valence-electron chi connectivity index (χ2n) is 7.43. The first-order chi connectivity index (χ1) is 14.1. The first-order valence-electron chi connectivity index (χ1n) is 9.94. The molecular weight excluding hydrogens is 412 g/mol. The number of hydrogen-bond acceptors (Lipinski definition) is 7. The molecule has 29 heavy (non-hydrogen) atoms. The van der Waals surface area contributed by atoms with E-state index in [4.69, 9.17) is 21.1 Å². The number of aromatic hydroxyl groups is 1. The van der Waals surface area contributed by atoms with E-state index in [1.807, 2.05) is 31.2 Å². The zero-order chi connectivity index (χ0) is 20.0. The quantitative estimate of drug-likeness (QED) is 0.675. The average molecular weight is 435 g/mol. The van der Waals surface area contributed by atoms with Crippen LogP contribution in [-0.4, -0.2) is 56.7 Å². The highest BCUT2D eigenvalue weighted by atomic mass is 35.5. The standard InChI is InChI=1S/C20H23ClN4O3S/c1-2-15-22-19-25(23-15)18(26)17(29-19)16(13-5-3-4-6-14(13)21)24-9-7-20(8-10-24)27-11-12-28-20/h3-6,16,26H,2,7-12H2,1H3/t16-/m0/s1. The predicted octanol–water partition coefficient (Wildman–Crippen LogP) is 3.64. The minimum atomic E-state index is -0.453. The Labute approximate surface area is 177 Å². The number of rotatable bonds is 4. The van der Waals surface area contributed by atoms with Crippen molar-refractivity contribution < 1.29 is 14.6 Å². The third-order valence-electron chi connectivity index (χ3n) is 5.75. The lowest BCUT2D eigenvalue weighted by Gasteiger charge is -2.41. The van der Waals surface area contributed by atoms with Gasteiger partial charge < -0.3 is 14.6 Å². The lowest BCUT2D eigenvalue weighted by atomic mass is 9.97. The molecule has 1 atom stereocenters. The largest absolute Gasteiger partial charge is 0.492 e. The van der Waals surface area contributed by atoms with Gasteiger partial charge in [-0.15, -0.1) is 5.10 Å². The minimum Gasteiger partial charge on any atom is -0.492 e. The number of piperidine rings is 1. The first kappa shape index (κ1) is 19.3. The summed E-state index contributed by atoms with van der Waals surface area (Å²) in [5.74, 6) is 0.407. The van der Waals surface area contributed by atoms with Gasteiger partial charge in [0.25, 0.3) is 0 Å². The highest BCUT2D eigenvalue weighted by Gasteiger charge is 2.42. The van der Waals surface area contributed by atoms with Gasteiger partial charge in [-0.05, 0) is 11.6 Å². The average Bonchev–Trinajstić information content (AvgIpc) is 3.43. The Kier molecular flexibility index (Phi) is 4.99. The Morgan fingerprint density at radius 1 is 1.24 bits per heavy atom. The van der Waals surface area contributed by atoms with E-state index in [2.05, 4.69) is 15.0 Å². The van der Waals surface area contributed by atoms with Gasteiger partial charge in [-0.2, -0.15) is 4.52 Å². The molecular formula is C20H23ClN4O3S. The fraction of sp³-hybridized carbons (Fsp3) is 0.500. The summed E-state index contributed by atoms with van der Waals surface area (Å²) in [6.07, 6.45) is 2.30. The molecule has 4 heterocycles. The monoisotopic (exact) mass is 434 g/mol. The van der Waals surface area contributed by atoms with Crippen molar-refractivity contribution in [2.45, 2.75) is 38.0 Å². The number of thiazole rings is 1. The van der Waals surface area contributed by atoms with Crippen molar-refractivity contribution in [2.24, 2.45) is 0 Å². The molecule has 2 aliphatic rings. The fourth-order valence-electron chi connectivity index (χ4n) is 4.23. The highest BCUT2D eigenvalue weighted by molar-refractivity contribution is 7.17. The van der Waals surface area contributed by atoms with Crippen LogP contribution >= 0.6 is 22.9 Å². The van der Waals surface area contributed by atoms with Gasteiger partial charge >= 0.3 is 0 Å². The third kappa shape index (κ3) is 3.33. The topological polar surface area (TPSA) is 72.1 Å². The van der Waals surface area contributed by atoms with Crippen LogP contribution in [0, 0.1) is 0 Å². The van der Waals surface area contributed by atoms with E-state index >= 15 is 0 Å². The number of benzene rings is 1. The van der Waals surface area contributed by atoms with Gasteiger partial charge in [-0.3, -0.25) is 4.90 Å². The Hall–Kier alpha value is -1.71. The van der Waals surface area contributed by atoms with Crippen molar-refractivity contribution in [2.75, 3.05) is 26.3 Å². The Balaban J connectivity index is 1.54. The number of likely N-dealkylation sites (tertiary alicyclic amines) is 1. The maximum Gasteiger partial charge on any atom is 0.230 e. The number of ether oxygens (including phenoxy) is 2. The minimum absolute atomic E-state index is 0.135. The van der Waals surface area contributed by atoms with Crippen molar-refractivity contribution in [3.8, 4) is 5.88 Å². The summed E-state index contributed by atoms with van der Waals surface area (Å²) in [6.45, 7) is 4.87. The molecule has 0 aliphatic carbocycles. The van der Waals surface area contributed by atoms with E-state index in [9.17, 15) is 5.11 Å². The van der Waals surface area contributed by atoms with Crippen LogP contribution in [0.3, 0.4) is 0 Å². The van der Waals surface area contributed by atoms with Crippen molar-refractivity contribution in [1.82, 2.24) is 19.5 Å². The summed E-state index contributed by atoms with van der Waals surface area (Å²) in [5, 5.41) is 16.1. The zero-order valence-electron chi connectivity index (χ0n) is 16.2. The van der Waals surface area contributed by atoms with Crippen molar-refractivity contribution in [1.29, 1.82) is 0 Å². The van der Waals surface area contributed by atoms with Crippen LogP contribution in [0.25, 0.3) is 4.96 Å². The van der Waals surface area contributed by atoms with E-state index < -0.39 is 5.79 Å². The molecule has 0 radical (unpaired) electrons. The molecule has 9 heteroatoms. The molecule has 2 fully saturated rings. The lowest BCUT2D eigenvalue weighted by Crippen LogP contribution is -2.46. The van der Waals surface area contributed by atoms with E-state index in [0.717, 1.165) is 48.6 Å². The van der Waals surface area contributed by atoms with Crippen LogP contribution in [0.4, 0.5) is 0 Å². The number of fused-ring (bicyclic) bond motifs is 1. The molecule has 0 bridgehead atoms. The fourth-order valence-corrected chi connectivity index (χ4v) is 5.59. The Morgan fingerprint density at radius 2 is 1.97 bits per heavy atom. The van der Waals surface area contributed by atoms with Gasteiger partial charge in [-0.1, -0.05) is 48.1 Å². The van der Waals surface area contributed by atoms with Crippen LogP contribution in [-0.2, 0) is 15.9 Å². The summed E-state index contributed by atoms with van der Waals surface area (Å²) >= 11 is 8.06. The zero-order valence-corrected chi connectivity index (χ0v) is 17.7. The maximum absolute atomic E-state index is 11.0. The molecule has 2 saturated heterocycles. The van der Waals surface area contributed by atoms with Crippen LogP contribution in [0.15, 0.2) is 24.3 Å². The number of halogens is 1. The third-order valence-corrected chi connectivity index (χ3v) is 7.16. The number of hydrogen-bond donors (Lipinski definition) is 1. The number of nitrogens with zero attached hydrogens (tertiary/aromatic N) is 4. The molecule has 3 aromatic rings. The molecule has 0 unspecified atom stereocenters. The van der Waals surface area contributed by atoms with Crippen molar-refractivity contribution >= 4 is 27.9 Å². The molecule has 5 rings (SSSR count). The molecule has 2 aliphatic heterocycles. The van der Waals surface area contributed by atoms with Gasteiger partial charge in [0.2, 0.25) is 10.8 Å². The Morgan fingerprint density at radius 3 is 2.62 bits per heavy atom. The van der Waals surface area contributed by atoms with Crippen molar-refractivity contribution in [3.63, 3.8) is 0 Å². The summed E-state index contributed by atoms with van der Waals surface area (Å²) in [6, 6.07) is 7.63. The van der Waals surface area contributed by atoms with Gasteiger partial charge in [0.1, 0.15) is 0 Å². The predicted molar refractivity (Wildman–Crippen MR) is 111 cm³/mol. The summed E-state index contributed by atoms with van der Waals surface area (Å²) < 4.78 is 13.3. The molecule has 1 N–H and O–H groups in total. The summed E-state index contributed by atoms with van der Waals surface area (Å²) in [5.41, 5.74) is 0.967. The first-order valence-corrected chi connectivity index (χ1v) is 11.1. The molecule has 0 amide bonds. The second-order valence-corrected chi connectivity index (χ2v) is 8.85. The summed E-state index contributed by atoms with van der Waals surface area (Å²) in [4.78, 5) is 8.37.